The second-order valence-corrected chi connectivity index (χ2v) is 7.59. The molecule has 0 aliphatic carbocycles. The third-order valence-corrected chi connectivity index (χ3v) is 5.10. The van der Waals surface area contributed by atoms with Crippen LogP contribution < -0.4 is 15.6 Å². The fraction of sp³-hybridized carbons (Fsp3) is 0.222. The van der Waals surface area contributed by atoms with Gasteiger partial charge in [0.15, 0.2) is 0 Å². The van der Waals surface area contributed by atoms with Gasteiger partial charge in [0.25, 0.3) is 5.91 Å². The third-order valence-electron chi connectivity index (χ3n) is 3.63. The van der Waals surface area contributed by atoms with Crippen LogP contribution in [0.2, 0.25) is 0 Å². The molecule has 0 saturated carbocycles. The Labute approximate surface area is 157 Å². The highest BCUT2D eigenvalue weighted by molar-refractivity contribution is 7.89. The van der Waals surface area contributed by atoms with Gasteiger partial charge >= 0.3 is 0 Å². The normalized spacial score (nSPS) is 11.0. The van der Waals surface area contributed by atoms with Crippen LogP contribution in [0.1, 0.15) is 28.8 Å². The standard InChI is InChI=1S/C18H20FN3O4S/c1-13-4-6-14(7-5-13)18(24)22-21-17(23)3-2-12-20-27(25,26)16-10-8-15(19)9-11-16/h4-11,20H,2-3,12H2,1H3,(H,21,23)(H,22,24). The average molecular weight is 393 g/mol. The van der Waals surface area contributed by atoms with Crippen molar-refractivity contribution in [2.24, 2.45) is 0 Å². The zero-order valence-corrected chi connectivity index (χ0v) is 15.5. The predicted molar refractivity (Wildman–Crippen MR) is 97.6 cm³/mol. The summed E-state index contributed by atoms with van der Waals surface area (Å²) in [6.07, 6.45) is 0.243. The molecule has 2 aromatic rings. The molecule has 144 valence electrons. The van der Waals surface area contributed by atoms with Gasteiger partial charge in [-0.2, -0.15) is 0 Å². The minimum atomic E-state index is -3.76. The molecule has 0 aliphatic rings. The highest BCUT2D eigenvalue weighted by Gasteiger charge is 2.13. The molecule has 0 spiro atoms. The van der Waals surface area contributed by atoms with E-state index in [1.54, 1.807) is 24.3 Å². The lowest BCUT2D eigenvalue weighted by Crippen LogP contribution is -2.41. The average Bonchev–Trinajstić information content (AvgIpc) is 2.64. The van der Waals surface area contributed by atoms with Crippen molar-refractivity contribution in [1.29, 1.82) is 0 Å². The van der Waals surface area contributed by atoms with Crippen LogP contribution in [-0.2, 0) is 14.8 Å². The van der Waals surface area contributed by atoms with Crippen molar-refractivity contribution in [3.8, 4) is 0 Å². The van der Waals surface area contributed by atoms with Gasteiger partial charge in [0, 0.05) is 18.5 Å². The van der Waals surface area contributed by atoms with Crippen LogP contribution in [0.25, 0.3) is 0 Å². The van der Waals surface area contributed by atoms with Gasteiger partial charge in [0.2, 0.25) is 15.9 Å². The summed E-state index contributed by atoms with van der Waals surface area (Å²) in [5.41, 5.74) is 5.99. The van der Waals surface area contributed by atoms with Crippen molar-refractivity contribution >= 4 is 21.8 Å². The Kier molecular flexibility index (Phi) is 7.03. The van der Waals surface area contributed by atoms with E-state index in [1.807, 2.05) is 6.92 Å². The summed E-state index contributed by atoms with van der Waals surface area (Å²) in [7, 11) is -3.76. The molecule has 9 heteroatoms. The fourth-order valence-electron chi connectivity index (χ4n) is 2.12. The van der Waals surface area contributed by atoms with E-state index in [2.05, 4.69) is 15.6 Å². The van der Waals surface area contributed by atoms with Gasteiger partial charge in [-0.15, -0.1) is 0 Å². The predicted octanol–water partition coefficient (Wildman–Crippen LogP) is 1.65. The fourth-order valence-corrected chi connectivity index (χ4v) is 3.19. The Morgan fingerprint density at radius 2 is 1.59 bits per heavy atom. The summed E-state index contributed by atoms with van der Waals surface area (Å²) in [6, 6.07) is 11.3. The van der Waals surface area contributed by atoms with E-state index in [0.29, 0.717) is 5.56 Å². The number of carbonyl (C=O) groups is 2. The first-order valence-corrected chi connectivity index (χ1v) is 9.67. The summed E-state index contributed by atoms with van der Waals surface area (Å²) in [5.74, 6) is -1.42. The van der Waals surface area contributed by atoms with Crippen molar-refractivity contribution in [3.05, 3.63) is 65.5 Å². The molecule has 0 radical (unpaired) electrons. The molecular weight excluding hydrogens is 373 g/mol. The van der Waals surface area contributed by atoms with Crippen LogP contribution in [0, 0.1) is 12.7 Å². The quantitative estimate of drug-likeness (QED) is 0.491. The van der Waals surface area contributed by atoms with Gasteiger partial charge in [-0.3, -0.25) is 20.4 Å². The Hall–Kier alpha value is -2.78. The molecule has 0 bridgehead atoms. The molecule has 2 aromatic carbocycles. The van der Waals surface area contributed by atoms with Crippen molar-refractivity contribution in [2.45, 2.75) is 24.7 Å². The van der Waals surface area contributed by atoms with E-state index >= 15 is 0 Å². The summed E-state index contributed by atoms with van der Waals surface area (Å²) >= 11 is 0. The van der Waals surface area contributed by atoms with Crippen molar-refractivity contribution in [1.82, 2.24) is 15.6 Å². The van der Waals surface area contributed by atoms with Crippen molar-refractivity contribution < 1.29 is 22.4 Å². The van der Waals surface area contributed by atoms with E-state index < -0.39 is 27.7 Å². The molecule has 27 heavy (non-hydrogen) atoms. The van der Waals surface area contributed by atoms with Gasteiger partial charge in [0.1, 0.15) is 5.82 Å². The van der Waals surface area contributed by atoms with Gasteiger partial charge in [0.05, 0.1) is 4.90 Å². The molecule has 0 atom stereocenters. The summed E-state index contributed by atoms with van der Waals surface area (Å²) in [4.78, 5) is 23.5. The minimum absolute atomic E-state index is 0.0140. The van der Waals surface area contributed by atoms with Crippen molar-refractivity contribution in [2.75, 3.05) is 6.54 Å². The van der Waals surface area contributed by atoms with Crippen LogP contribution >= 0.6 is 0 Å². The number of sulfonamides is 1. The van der Waals surface area contributed by atoms with E-state index in [4.69, 9.17) is 0 Å². The topological polar surface area (TPSA) is 104 Å². The second-order valence-electron chi connectivity index (χ2n) is 5.82. The number of amides is 2. The summed E-state index contributed by atoms with van der Waals surface area (Å²) in [6.45, 7) is 1.92. The molecule has 2 amide bonds. The Morgan fingerprint density at radius 3 is 2.22 bits per heavy atom. The summed E-state index contributed by atoms with van der Waals surface area (Å²) < 4.78 is 39.2. The molecule has 3 N–H and O–H groups in total. The number of benzene rings is 2. The molecule has 0 fully saturated rings. The third kappa shape index (κ3) is 6.46. The number of rotatable bonds is 7. The van der Waals surface area contributed by atoms with E-state index in [-0.39, 0.29) is 24.3 Å². The molecule has 0 unspecified atom stereocenters. The number of hydrogen-bond acceptors (Lipinski definition) is 4. The van der Waals surface area contributed by atoms with Crippen LogP contribution in [0.3, 0.4) is 0 Å². The molecule has 0 heterocycles. The SMILES string of the molecule is Cc1ccc(C(=O)NNC(=O)CCCNS(=O)(=O)c2ccc(F)cc2)cc1. The summed E-state index contributed by atoms with van der Waals surface area (Å²) in [5, 5.41) is 0. The van der Waals surface area contributed by atoms with Crippen LogP contribution in [-0.4, -0.2) is 26.8 Å². The Bertz CT molecular complexity index is 897. The second kappa shape index (κ2) is 9.24. The first-order chi connectivity index (χ1) is 12.8. The Balaban J connectivity index is 1.70. The number of carbonyl (C=O) groups excluding carboxylic acids is 2. The van der Waals surface area contributed by atoms with Crippen LogP contribution in [0.15, 0.2) is 53.4 Å². The lowest BCUT2D eigenvalue weighted by atomic mass is 10.1. The highest BCUT2D eigenvalue weighted by atomic mass is 32.2. The lowest BCUT2D eigenvalue weighted by Gasteiger charge is -2.09. The van der Waals surface area contributed by atoms with Crippen LogP contribution in [0.4, 0.5) is 4.39 Å². The number of halogens is 1. The smallest absolute Gasteiger partial charge is 0.269 e. The molecule has 0 aliphatic heterocycles. The number of aryl methyl sites for hydroxylation is 1. The molecule has 0 saturated heterocycles. The largest absolute Gasteiger partial charge is 0.273 e. The van der Waals surface area contributed by atoms with E-state index in [1.165, 1.54) is 0 Å². The van der Waals surface area contributed by atoms with Gasteiger partial charge in [-0.05, 0) is 49.7 Å². The van der Waals surface area contributed by atoms with E-state index in [0.717, 1.165) is 29.8 Å². The highest BCUT2D eigenvalue weighted by Crippen LogP contribution is 2.09. The van der Waals surface area contributed by atoms with Crippen LogP contribution in [0.5, 0.6) is 0 Å². The minimum Gasteiger partial charge on any atom is -0.273 e. The van der Waals surface area contributed by atoms with Crippen molar-refractivity contribution in [3.63, 3.8) is 0 Å². The number of nitrogens with one attached hydrogen (secondary N) is 3. The first-order valence-electron chi connectivity index (χ1n) is 8.19. The molecular formula is C18H20FN3O4S. The molecule has 0 aromatic heterocycles. The number of hydrazine groups is 1. The van der Waals surface area contributed by atoms with Gasteiger partial charge < -0.3 is 0 Å². The number of hydrogen-bond donors (Lipinski definition) is 3. The Morgan fingerprint density at radius 1 is 0.963 bits per heavy atom. The maximum Gasteiger partial charge on any atom is 0.269 e. The lowest BCUT2D eigenvalue weighted by molar-refractivity contribution is -0.121. The maximum atomic E-state index is 12.8. The monoisotopic (exact) mass is 393 g/mol. The first kappa shape index (κ1) is 20.5. The molecule has 7 nitrogen and oxygen atoms in total. The van der Waals surface area contributed by atoms with Gasteiger partial charge in [-0.1, -0.05) is 17.7 Å². The van der Waals surface area contributed by atoms with Gasteiger partial charge in [-0.25, -0.2) is 17.5 Å². The maximum absolute atomic E-state index is 12.8. The van der Waals surface area contributed by atoms with E-state index in [9.17, 15) is 22.4 Å². The zero-order valence-electron chi connectivity index (χ0n) is 14.7. The molecule has 2 rings (SSSR count). The zero-order chi connectivity index (χ0) is 19.9.